The number of nitrogens with two attached hydrogens (primary N) is 1. The van der Waals surface area contributed by atoms with E-state index in [2.05, 4.69) is 16.7 Å². The van der Waals surface area contributed by atoms with Crippen LogP contribution in [0.5, 0.6) is 5.75 Å². The summed E-state index contributed by atoms with van der Waals surface area (Å²) in [6, 6.07) is 17.2. The molecule has 0 bridgehead atoms. The average molecular weight is 277 g/mol. The molecule has 4 heteroatoms. The van der Waals surface area contributed by atoms with Crippen molar-refractivity contribution in [3.05, 3.63) is 60.2 Å². The van der Waals surface area contributed by atoms with Gasteiger partial charge in [0.25, 0.3) is 0 Å². The third kappa shape index (κ3) is 1.84. The van der Waals surface area contributed by atoms with E-state index in [9.17, 15) is 5.11 Å². The maximum Gasteiger partial charge on any atom is 0.123 e. The van der Waals surface area contributed by atoms with Crippen LogP contribution in [0.3, 0.4) is 0 Å². The highest BCUT2D eigenvalue weighted by Crippen LogP contribution is 2.40. The molecule has 21 heavy (non-hydrogen) atoms. The van der Waals surface area contributed by atoms with Crippen LogP contribution in [0.4, 0.5) is 17.1 Å². The molecule has 1 heterocycles. The molecule has 0 radical (unpaired) electrons. The van der Waals surface area contributed by atoms with Gasteiger partial charge in [0.05, 0.1) is 0 Å². The first-order chi connectivity index (χ1) is 10.2. The topological polar surface area (TPSA) is 70.3 Å². The molecule has 4 rings (SSSR count). The van der Waals surface area contributed by atoms with Gasteiger partial charge in [-0.2, -0.15) is 0 Å². The molecule has 1 aliphatic rings. The molecule has 0 spiro atoms. The molecule has 0 aromatic heterocycles. The number of anilines is 3. The van der Waals surface area contributed by atoms with Gasteiger partial charge in [-0.15, -0.1) is 0 Å². The Morgan fingerprint density at radius 1 is 0.857 bits per heavy atom. The molecular formula is C17H15N3O. The van der Waals surface area contributed by atoms with Crippen molar-refractivity contribution in [2.45, 2.75) is 6.17 Å². The lowest BCUT2D eigenvalue weighted by atomic mass is 10.0. The van der Waals surface area contributed by atoms with Crippen LogP contribution in [0, 0.1) is 0 Å². The summed E-state index contributed by atoms with van der Waals surface area (Å²) in [5.74, 6) is 0.268. The first kappa shape index (κ1) is 11.9. The van der Waals surface area contributed by atoms with Gasteiger partial charge in [0.1, 0.15) is 11.9 Å². The average Bonchev–Trinajstić information content (AvgIpc) is 2.51. The zero-order chi connectivity index (χ0) is 14.4. The fraction of sp³-hybridized carbons (Fsp3) is 0.0588. The number of aromatic hydroxyl groups is 1. The number of hydrogen-bond acceptors (Lipinski definition) is 4. The second-order valence-electron chi connectivity index (χ2n) is 5.24. The van der Waals surface area contributed by atoms with E-state index in [1.54, 1.807) is 12.1 Å². The molecule has 0 fully saturated rings. The normalized spacial score (nSPS) is 16.3. The van der Waals surface area contributed by atoms with Crippen molar-refractivity contribution in [1.82, 2.24) is 0 Å². The van der Waals surface area contributed by atoms with E-state index >= 15 is 0 Å². The third-order valence-corrected chi connectivity index (χ3v) is 3.90. The maximum absolute atomic E-state index is 9.41. The van der Waals surface area contributed by atoms with Gasteiger partial charge >= 0.3 is 0 Å². The molecule has 5 N–H and O–H groups in total. The van der Waals surface area contributed by atoms with Gasteiger partial charge in [-0.3, -0.25) is 0 Å². The SMILES string of the molecule is Nc1ccc2c3c(cccc13)NC(c1ccc(O)cc1)N2. The Labute approximate surface area is 122 Å². The van der Waals surface area contributed by atoms with Crippen molar-refractivity contribution < 1.29 is 5.11 Å². The Kier molecular flexibility index (Phi) is 2.44. The number of phenols is 1. The molecule has 1 unspecified atom stereocenters. The van der Waals surface area contributed by atoms with E-state index in [0.717, 1.165) is 33.4 Å². The summed E-state index contributed by atoms with van der Waals surface area (Å²) in [5.41, 5.74) is 10.0. The number of nitrogen functional groups attached to an aromatic ring is 1. The smallest absolute Gasteiger partial charge is 0.123 e. The molecule has 0 saturated carbocycles. The Morgan fingerprint density at radius 2 is 1.57 bits per heavy atom. The van der Waals surface area contributed by atoms with Crippen molar-refractivity contribution >= 4 is 27.8 Å². The first-order valence-corrected chi connectivity index (χ1v) is 6.85. The number of hydrogen-bond donors (Lipinski definition) is 4. The molecule has 3 aromatic carbocycles. The minimum atomic E-state index is -0.0349. The largest absolute Gasteiger partial charge is 0.508 e. The number of benzene rings is 3. The van der Waals surface area contributed by atoms with Crippen molar-refractivity contribution in [2.24, 2.45) is 0 Å². The van der Waals surface area contributed by atoms with Gasteiger partial charge in [0, 0.05) is 27.8 Å². The van der Waals surface area contributed by atoms with E-state index in [1.165, 1.54) is 0 Å². The van der Waals surface area contributed by atoms with Crippen LogP contribution < -0.4 is 16.4 Å². The Hall–Kier alpha value is -2.88. The van der Waals surface area contributed by atoms with Crippen LogP contribution in [0.25, 0.3) is 10.8 Å². The van der Waals surface area contributed by atoms with Gasteiger partial charge < -0.3 is 21.5 Å². The van der Waals surface area contributed by atoms with Crippen molar-refractivity contribution in [1.29, 1.82) is 0 Å². The first-order valence-electron chi connectivity index (χ1n) is 6.85. The lowest BCUT2D eigenvalue weighted by Crippen LogP contribution is -2.23. The van der Waals surface area contributed by atoms with Crippen LogP contribution in [-0.2, 0) is 0 Å². The minimum absolute atomic E-state index is 0.0349. The van der Waals surface area contributed by atoms with E-state index in [-0.39, 0.29) is 11.9 Å². The second-order valence-corrected chi connectivity index (χ2v) is 5.24. The van der Waals surface area contributed by atoms with Crippen LogP contribution >= 0.6 is 0 Å². The zero-order valence-corrected chi connectivity index (χ0v) is 11.3. The van der Waals surface area contributed by atoms with Gasteiger partial charge in [0.2, 0.25) is 0 Å². The molecule has 3 aromatic rings. The van der Waals surface area contributed by atoms with Crippen molar-refractivity contribution in [3.8, 4) is 5.75 Å². The monoisotopic (exact) mass is 277 g/mol. The Bertz CT molecular complexity index is 815. The van der Waals surface area contributed by atoms with Crippen LogP contribution in [-0.4, -0.2) is 5.11 Å². The molecule has 0 amide bonds. The molecular weight excluding hydrogens is 262 g/mol. The molecule has 4 nitrogen and oxygen atoms in total. The highest BCUT2D eigenvalue weighted by molar-refractivity contribution is 6.09. The predicted octanol–water partition coefficient (Wildman–Crippen LogP) is 3.66. The summed E-state index contributed by atoms with van der Waals surface area (Å²) in [6.07, 6.45) is -0.0349. The number of rotatable bonds is 1. The predicted molar refractivity (Wildman–Crippen MR) is 86.5 cm³/mol. The third-order valence-electron chi connectivity index (χ3n) is 3.90. The van der Waals surface area contributed by atoms with Crippen LogP contribution in [0.1, 0.15) is 11.7 Å². The summed E-state index contributed by atoms with van der Waals surface area (Å²) < 4.78 is 0. The fourth-order valence-electron chi connectivity index (χ4n) is 2.85. The van der Waals surface area contributed by atoms with E-state index in [0.29, 0.717) is 0 Å². The Morgan fingerprint density at radius 3 is 2.33 bits per heavy atom. The second kappa shape index (κ2) is 4.31. The summed E-state index contributed by atoms with van der Waals surface area (Å²) in [6.45, 7) is 0. The van der Waals surface area contributed by atoms with Crippen molar-refractivity contribution in [3.63, 3.8) is 0 Å². The van der Waals surface area contributed by atoms with E-state index in [4.69, 9.17) is 5.73 Å². The van der Waals surface area contributed by atoms with Crippen LogP contribution in [0.2, 0.25) is 0 Å². The number of phenolic OH excluding ortho intramolecular Hbond substituents is 1. The quantitative estimate of drug-likeness (QED) is 0.512. The Balaban J connectivity index is 1.83. The van der Waals surface area contributed by atoms with E-state index < -0.39 is 0 Å². The van der Waals surface area contributed by atoms with Crippen LogP contribution in [0.15, 0.2) is 54.6 Å². The van der Waals surface area contributed by atoms with E-state index in [1.807, 2.05) is 36.4 Å². The summed E-state index contributed by atoms with van der Waals surface area (Å²) in [4.78, 5) is 0. The van der Waals surface area contributed by atoms with Gasteiger partial charge in [-0.05, 0) is 35.9 Å². The van der Waals surface area contributed by atoms with Gasteiger partial charge in [-0.1, -0.05) is 24.3 Å². The highest BCUT2D eigenvalue weighted by Gasteiger charge is 2.20. The fourth-order valence-corrected chi connectivity index (χ4v) is 2.85. The molecule has 0 saturated heterocycles. The highest BCUT2D eigenvalue weighted by atomic mass is 16.3. The lowest BCUT2D eigenvalue weighted by Gasteiger charge is -2.30. The van der Waals surface area contributed by atoms with Gasteiger partial charge in [0.15, 0.2) is 0 Å². The van der Waals surface area contributed by atoms with Crippen molar-refractivity contribution in [2.75, 3.05) is 16.4 Å². The summed E-state index contributed by atoms with van der Waals surface area (Å²) >= 11 is 0. The molecule has 1 aliphatic heterocycles. The number of nitrogens with one attached hydrogen (secondary N) is 2. The zero-order valence-electron chi connectivity index (χ0n) is 11.3. The minimum Gasteiger partial charge on any atom is -0.508 e. The van der Waals surface area contributed by atoms with Gasteiger partial charge in [-0.25, -0.2) is 0 Å². The lowest BCUT2D eigenvalue weighted by molar-refractivity contribution is 0.475. The summed E-state index contributed by atoms with van der Waals surface area (Å²) in [7, 11) is 0. The molecule has 1 atom stereocenters. The maximum atomic E-state index is 9.41. The summed E-state index contributed by atoms with van der Waals surface area (Å²) in [5, 5.41) is 18.5. The molecule has 0 aliphatic carbocycles. The molecule has 104 valence electrons. The standard InChI is InChI=1S/C17H15N3O/c18-13-8-9-15-16-12(13)2-1-3-14(16)19-17(20-15)10-4-6-11(21)7-5-10/h1-9,17,19-21H,18H2.